The van der Waals surface area contributed by atoms with Crippen molar-refractivity contribution >= 4 is 38.5 Å². The molecule has 0 aliphatic heterocycles. The average molecular weight is 302 g/mol. The van der Waals surface area contributed by atoms with E-state index in [-0.39, 0.29) is 0 Å². The Labute approximate surface area is 134 Å². The smallest absolute Gasteiger partial charge is 0.129 e. The van der Waals surface area contributed by atoms with Gasteiger partial charge in [0.1, 0.15) is 6.61 Å². The zero-order valence-corrected chi connectivity index (χ0v) is 12.8. The Balaban J connectivity index is 1.85. The van der Waals surface area contributed by atoms with Crippen molar-refractivity contribution in [2.24, 2.45) is 10.9 Å². The molecular weight excluding hydrogens is 284 g/mol. The SMILES string of the molecule is NCCON=CCc1ccc2ccc3cccc4ccc1c2c34. The zero-order chi connectivity index (χ0) is 15.6. The third kappa shape index (κ3) is 2.39. The van der Waals surface area contributed by atoms with Crippen LogP contribution in [0.2, 0.25) is 0 Å². The molecule has 0 amide bonds. The lowest BCUT2D eigenvalue weighted by molar-refractivity contribution is 0.153. The zero-order valence-electron chi connectivity index (χ0n) is 12.8. The molecule has 0 aromatic heterocycles. The first-order chi connectivity index (χ1) is 11.4. The third-order valence-electron chi connectivity index (χ3n) is 4.29. The molecule has 114 valence electrons. The fourth-order valence-corrected chi connectivity index (χ4v) is 3.27. The molecule has 0 radical (unpaired) electrons. The molecule has 0 aliphatic rings. The van der Waals surface area contributed by atoms with Crippen LogP contribution < -0.4 is 5.73 Å². The molecule has 0 bridgehead atoms. The van der Waals surface area contributed by atoms with Crippen LogP contribution in [0.25, 0.3) is 32.3 Å². The van der Waals surface area contributed by atoms with Crippen molar-refractivity contribution < 1.29 is 4.84 Å². The molecule has 0 unspecified atom stereocenters. The summed E-state index contributed by atoms with van der Waals surface area (Å²) in [5.74, 6) is 0. The van der Waals surface area contributed by atoms with Crippen LogP contribution >= 0.6 is 0 Å². The Morgan fingerprint density at radius 2 is 1.57 bits per heavy atom. The predicted molar refractivity (Wildman–Crippen MR) is 97.3 cm³/mol. The first kappa shape index (κ1) is 14.0. The van der Waals surface area contributed by atoms with E-state index in [1.165, 1.54) is 37.9 Å². The van der Waals surface area contributed by atoms with Crippen molar-refractivity contribution in [3.63, 3.8) is 0 Å². The van der Waals surface area contributed by atoms with Gasteiger partial charge in [-0.25, -0.2) is 0 Å². The summed E-state index contributed by atoms with van der Waals surface area (Å²) in [4.78, 5) is 5.07. The van der Waals surface area contributed by atoms with Crippen LogP contribution in [0.3, 0.4) is 0 Å². The highest BCUT2D eigenvalue weighted by molar-refractivity contribution is 6.23. The highest BCUT2D eigenvalue weighted by atomic mass is 16.6. The van der Waals surface area contributed by atoms with Gasteiger partial charge in [-0.2, -0.15) is 0 Å². The van der Waals surface area contributed by atoms with Gasteiger partial charge in [-0.05, 0) is 37.9 Å². The van der Waals surface area contributed by atoms with E-state index in [1.807, 2.05) is 6.21 Å². The summed E-state index contributed by atoms with van der Waals surface area (Å²) < 4.78 is 0. The number of nitrogens with two attached hydrogens (primary N) is 1. The first-order valence-electron chi connectivity index (χ1n) is 7.88. The molecule has 0 spiro atoms. The first-order valence-corrected chi connectivity index (χ1v) is 7.88. The van der Waals surface area contributed by atoms with Gasteiger partial charge in [-0.1, -0.05) is 59.8 Å². The number of rotatable bonds is 5. The van der Waals surface area contributed by atoms with Gasteiger partial charge in [0.25, 0.3) is 0 Å². The molecule has 0 fully saturated rings. The van der Waals surface area contributed by atoms with E-state index < -0.39 is 0 Å². The van der Waals surface area contributed by atoms with Gasteiger partial charge < -0.3 is 10.6 Å². The number of nitrogens with zero attached hydrogens (tertiary/aromatic N) is 1. The summed E-state index contributed by atoms with van der Waals surface area (Å²) in [7, 11) is 0. The minimum absolute atomic E-state index is 0.453. The molecule has 0 aliphatic carbocycles. The Hall–Kier alpha value is -2.65. The summed E-state index contributed by atoms with van der Waals surface area (Å²) in [6.45, 7) is 0.936. The maximum atomic E-state index is 5.38. The summed E-state index contributed by atoms with van der Waals surface area (Å²) in [5, 5.41) is 11.8. The molecule has 2 N–H and O–H groups in total. The summed E-state index contributed by atoms with van der Waals surface area (Å²) in [6.07, 6.45) is 2.56. The van der Waals surface area contributed by atoms with Crippen molar-refractivity contribution in [1.82, 2.24) is 0 Å². The van der Waals surface area contributed by atoms with E-state index in [4.69, 9.17) is 10.6 Å². The Bertz CT molecular complexity index is 975. The number of oxime groups is 1. The minimum Gasteiger partial charge on any atom is -0.395 e. The largest absolute Gasteiger partial charge is 0.395 e. The number of hydrogen-bond acceptors (Lipinski definition) is 3. The topological polar surface area (TPSA) is 47.6 Å². The van der Waals surface area contributed by atoms with Crippen molar-refractivity contribution in [3.8, 4) is 0 Å². The lowest BCUT2D eigenvalue weighted by Gasteiger charge is -2.12. The van der Waals surface area contributed by atoms with Gasteiger partial charge in [0, 0.05) is 19.2 Å². The van der Waals surface area contributed by atoms with Crippen LogP contribution in [0.15, 0.2) is 59.8 Å². The number of benzene rings is 4. The molecule has 0 saturated carbocycles. The van der Waals surface area contributed by atoms with E-state index in [0.29, 0.717) is 13.2 Å². The fraction of sp³-hybridized carbons (Fsp3) is 0.150. The van der Waals surface area contributed by atoms with E-state index in [9.17, 15) is 0 Å². The van der Waals surface area contributed by atoms with Gasteiger partial charge in [0.15, 0.2) is 0 Å². The molecule has 0 atom stereocenters. The average Bonchev–Trinajstić information content (AvgIpc) is 2.60. The van der Waals surface area contributed by atoms with Crippen LogP contribution in [0.1, 0.15) is 5.56 Å². The van der Waals surface area contributed by atoms with Crippen molar-refractivity contribution in [2.45, 2.75) is 6.42 Å². The summed E-state index contributed by atoms with van der Waals surface area (Å²) in [6, 6.07) is 19.7. The van der Waals surface area contributed by atoms with Crippen LogP contribution in [-0.4, -0.2) is 19.4 Å². The second kappa shape index (κ2) is 5.86. The predicted octanol–water partition coefficient (Wildman–Crippen LogP) is 4.09. The molecular formula is C20H18N2O. The van der Waals surface area contributed by atoms with Gasteiger partial charge in [-0.15, -0.1) is 0 Å². The quantitative estimate of drug-likeness (QED) is 0.261. The van der Waals surface area contributed by atoms with E-state index in [2.05, 4.69) is 59.8 Å². The molecule has 4 aromatic carbocycles. The van der Waals surface area contributed by atoms with Crippen molar-refractivity contribution in [3.05, 3.63) is 60.2 Å². The van der Waals surface area contributed by atoms with Gasteiger partial charge >= 0.3 is 0 Å². The van der Waals surface area contributed by atoms with E-state index >= 15 is 0 Å². The minimum atomic E-state index is 0.453. The second-order valence-corrected chi connectivity index (χ2v) is 5.69. The Kier molecular flexibility index (Phi) is 3.56. The van der Waals surface area contributed by atoms with Crippen LogP contribution in [0.5, 0.6) is 0 Å². The third-order valence-corrected chi connectivity index (χ3v) is 4.29. The lowest BCUT2D eigenvalue weighted by atomic mass is 9.91. The van der Waals surface area contributed by atoms with Gasteiger partial charge in [-0.3, -0.25) is 0 Å². The fourth-order valence-electron chi connectivity index (χ4n) is 3.27. The summed E-state index contributed by atoms with van der Waals surface area (Å²) >= 11 is 0. The monoisotopic (exact) mass is 302 g/mol. The maximum absolute atomic E-state index is 5.38. The molecule has 0 saturated heterocycles. The molecule has 23 heavy (non-hydrogen) atoms. The lowest BCUT2D eigenvalue weighted by Crippen LogP contribution is -2.05. The van der Waals surface area contributed by atoms with Crippen molar-refractivity contribution in [1.29, 1.82) is 0 Å². The highest BCUT2D eigenvalue weighted by Crippen LogP contribution is 2.35. The summed E-state index contributed by atoms with van der Waals surface area (Å²) in [5.41, 5.74) is 6.64. The molecule has 4 aromatic rings. The Morgan fingerprint density at radius 1 is 0.870 bits per heavy atom. The second-order valence-electron chi connectivity index (χ2n) is 5.69. The number of hydrogen-bond donors (Lipinski definition) is 1. The Morgan fingerprint density at radius 3 is 2.35 bits per heavy atom. The van der Waals surface area contributed by atoms with Gasteiger partial charge in [0.05, 0.1) is 0 Å². The van der Waals surface area contributed by atoms with Crippen molar-refractivity contribution in [2.75, 3.05) is 13.2 Å². The van der Waals surface area contributed by atoms with E-state index in [1.54, 1.807) is 0 Å². The molecule has 3 heteroatoms. The molecule has 4 rings (SSSR count). The molecule has 0 heterocycles. The van der Waals surface area contributed by atoms with Crippen LogP contribution in [-0.2, 0) is 11.3 Å². The molecule has 3 nitrogen and oxygen atoms in total. The van der Waals surface area contributed by atoms with E-state index in [0.717, 1.165) is 6.42 Å². The van der Waals surface area contributed by atoms with Crippen LogP contribution in [0.4, 0.5) is 0 Å². The normalized spacial score (nSPS) is 12.0. The maximum Gasteiger partial charge on any atom is 0.129 e. The van der Waals surface area contributed by atoms with Crippen LogP contribution in [0, 0.1) is 0 Å². The standard InChI is InChI=1S/C20H18N2O/c21-11-13-23-22-12-10-14-4-5-17-7-6-15-2-1-3-16-8-9-18(14)20(17)19(15)16/h1-9,12H,10-11,13,21H2. The highest BCUT2D eigenvalue weighted by Gasteiger charge is 2.09. The van der Waals surface area contributed by atoms with Gasteiger partial charge in [0.2, 0.25) is 0 Å².